The molecule has 2 N–H and O–H groups in total. The maximum absolute atomic E-state index is 14.4. The number of phenols is 1. The third kappa shape index (κ3) is 5.84. The first-order valence-electron chi connectivity index (χ1n) is 14.6. The van der Waals surface area contributed by atoms with Crippen LogP contribution in [0.3, 0.4) is 0 Å². The molecule has 1 aliphatic carbocycles. The number of carbonyl (C=O) groups is 2. The second-order valence-corrected chi connectivity index (χ2v) is 11.3. The fraction of sp³-hybridized carbons (Fsp3) is 0.394. The van der Waals surface area contributed by atoms with Gasteiger partial charge in [-0.25, -0.2) is 4.39 Å². The molecule has 9 heteroatoms. The SMILES string of the molecule is COCCCN1C(=O)COc2ccc(N(C(=O)[C@H]3CNCC[C@@H]3c3cccc(-c4cc(O)cc(F)c4)c3)C3CC3)cc21. The lowest BCUT2D eigenvalue weighted by Gasteiger charge is -2.36. The van der Waals surface area contributed by atoms with E-state index in [4.69, 9.17) is 9.47 Å². The fourth-order valence-corrected chi connectivity index (χ4v) is 6.19. The van der Waals surface area contributed by atoms with Crippen molar-refractivity contribution in [3.63, 3.8) is 0 Å². The number of benzene rings is 3. The van der Waals surface area contributed by atoms with Crippen molar-refractivity contribution >= 4 is 23.2 Å². The summed E-state index contributed by atoms with van der Waals surface area (Å²) >= 11 is 0. The Hall–Kier alpha value is -3.95. The summed E-state index contributed by atoms with van der Waals surface area (Å²) < 4.78 is 25.0. The van der Waals surface area contributed by atoms with Crippen molar-refractivity contribution in [1.82, 2.24) is 5.32 Å². The molecule has 1 saturated carbocycles. The van der Waals surface area contributed by atoms with Crippen molar-refractivity contribution in [2.45, 2.75) is 37.6 Å². The van der Waals surface area contributed by atoms with Gasteiger partial charge in [-0.05, 0) is 85.2 Å². The van der Waals surface area contributed by atoms with E-state index in [0.717, 1.165) is 48.7 Å². The zero-order valence-corrected chi connectivity index (χ0v) is 23.7. The highest BCUT2D eigenvalue weighted by molar-refractivity contribution is 6.01. The molecule has 2 fully saturated rings. The van der Waals surface area contributed by atoms with E-state index in [1.54, 1.807) is 18.1 Å². The number of nitrogens with zero attached hydrogens (tertiary/aromatic N) is 2. The molecule has 0 spiro atoms. The lowest BCUT2D eigenvalue weighted by molar-refractivity contribution is -0.123. The Labute approximate surface area is 245 Å². The highest BCUT2D eigenvalue weighted by Gasteiger charge is 2.41. The van der Waals surface area contributed by atoms with Crippen LogP contribution in [0.15, 0.2) is 60.7 Å². The Morgan fingerprint density at radius 3 is 2.76 bits per heavy atom. The Balaban J connectivity index is 1.30. The zero-order valence-electron chi connectivity index (χ0n) is 23.7. The summed E-state index contributed by atoms with van der Waals surface area (Å²) in [5.74, 6) is -0.381. The highest BCUT2D eigenvalue weighted by atomic mass is 19.1. The van der Waals surface area contributed by atoms with Crippen molar-refractivity contribution in [2.24, 2.45) is 5.92 Å². The van der Waals surface area contributed by atoms with Crippen LogP contribution in [0.4, 0.5) is 15.8 Å². The van der Waals surface area contributed by atoms with Crippen LogP contribution < -0.4 is 19.9 Å². The number of methoxy groups -OCH3 is 1. The molecule has 2 heterocycles. The van der Waals surface area contributed by atoms with Crippen LogP contribution in [0.1, 0.15) is 37.2 Å². The lowest BCUT2D eigenvalue weighted by atomic mass is 9.79. The first kappa shape index (κ1) is 28.2. The van der Waals surface area contributed by atoms with Crippen molar-refractivity contribution in [2.75, 3.05) is 49.8 Å². The molecule has 3 aromatic carbocycles. The molecule has 3 aromatic rings. The van der Waals surface area contributed by atoms with Gasteiger partial charge in [-0.1, -0.05) is 24.3 Å². The van der Waals surface area contributed by atoms with Crippen molar-refractivity contribution in [3.05, 3.63) is 72.0 Å². The number of amides is 2. The molecule has 0 aromatic heterocycles. The number of piperidine rings is 1. The van der Waals surface area contributed by atoms with Gasteiger partial charge in [0.2, 0.25) is 5.91 Å². The Kier molecular flexibility index (Phi) is 8.13. The van der Waals surface area contributed by atoms with Gasteiger partial charge < -0.3 is 29.7 Å². The number of hydrogen-bond donors (Lipinski definition) is 2. The standard InChI is InChI=1S/C33H36FN3O5/c1-41-13-3-12-36-30-18-26(8-9-31(30)42-20-32(36)39)37(25-6-7-25)33(40)29-19-35-11-10-28(29)22-5-2-4-21(14-22)23-15-24(34)17-27(38)16-23/h2,4-5,8-9,14-18,25,28-29,35,38H,3,6-7,10-13,19-20H2,1H3/t28-,29+/m1/s1. The summed E-state index contributed by atoms with van der Waals surface area (Å²) in [6.45, 7) is 2.39. The van der Waals surface area contributed by atoms with Crippen LogP contribution in [0.25, 0.3) is 11.1 Å². The largest absolute Gasteiger partial charge is 0.508 e. The summed E-state index contributed by atoms with van der Waals surface area (Å²) in [7, 11) is 1.64. The number of halogens is 1. The summed E-state index contributed by atoms with van der Waals surface area (Å²) in [6, 6.07) is 17.7. The second-order valence-electron chi connectivity index (χ2n) is 11.3. The number of nitrogens with one attached hydrogen (secondary N) is 1. The van der Waals surface area contributed by atoms with Gasteiger partial charge in [-0.15, -0.1) is 0 Å². The summed E-state index contributed by atoms with van der Waals surface area (Å²) in [5.41, 5.74) is 3.85. The number of aromatic hydroxyl groups is 1. The van der Waals surface area contributed by atoms with Crippen LogP contribution in [0.5, 0.6) is 11.5 Å². The van der Waals surface area contributed by atoms with Gasteiger partial charge in [0.25, 0.3) is 5.91 Å². The normalized spacial score (nSPS) is 20.1. The minimum atomic E-state index is -0.500. The van der Waals surface area contributed by atoms with Crippen LogP contribution >= 0.6 is 0 Å². The Morgan fingerprint density at radius 1 is 1.12 bits per heavy atom. The van der Waals surface area contributed by atoms with E-state index in [1.807, 2.05) is 47.4 Å². The van der Waals surface area contributed by atoms with Gasteiger partial charge in [0.15, 0.2) is 6.61 Å². The van der Waals surface area contributed by atoms with Gasteiger partial charge in [-0.2, -0.15) is 0 Å². The molecule has 0 bridgehead atoms. The van der Waals surface area contributed by atoms with Crippen LogP contribution in [0.2, 0.25) is 0 Å². The van der Waals surface area contributed by atoms with Crippen molar-refractivity contribution < 1.29 is 28.6 Å². The summed E-state index contributed by atoms with van der Waals surface area (Å²) in [4.78, 5) is 30.8. The number of ether oxygens (including phenoxy) is 2. The van der Waals surface area contributed by atoms with E-state index in [0.29, 0.717) is 43.1 Å². The molecular formula is C33H36FN3O5. The molecule has 2 aliphatic heterocycles. The third-order valence-electron chi connectivity index (χ3n) is 8.37. The van der Waals surface area contributed by atoms with Crippen LogP contribution in [-0.2, 0) is 14.3 Å². The molecule has 220 valence electrons. The first-order chi connectivity index (χ1) is 20.4. The monoisotopic (exact) mass is 573 g/mol. The maximum atomic E-state index is 14.4. The van der Waals surface area contributed by atoms with E-state index >= 15 is 0 Å². The zero-order chi connectivity index (χ0) is 29.2. The topological polar surface area (TPSA) is 91.3 Å². The number of fused-ring (bicyclic) bond motifs is 1. The fourth-order valence-electron chi connectivity index (χ4n) is 6.19. The first-order valence-corrected chi connectivity index (χ1v) is 14.6. The Morgan fingerprint density at radius 2 is 1.98 bits per heavy atom. The van der Waals surface area contributed by atoms with E-state index in [1.165, 1.54) is 6.07 Å². The lowest BCUT2D eigenvalue weighted by Crippen LogP contribution is -2.47. The molecule has 6 rings (SSSR count). The highest BCUT2D eigenvalue weighted by Crippen LogP contribution is 2.42. The van der Waals surface area contributed by atoms with E-state index in [2.05, 4.69) is 5.32 Å². The molecule has 1 saturated heterocycles. The second kappa shape index (κ2) is 12.1. The molecule has 2 atom stereocenters. The van der Waals surface area contributed by atoms with Crippen LogP contribution in [0, 0.1) is 11.7 Å². The summed E-state index contributed by atoms with van der Waals surface area (Å²) in [5, 5.41) is 13.4. The number of phenolic OH excluding ortho intramolecular Hbond substituents is 1. The molecule has 8 nitrogen and oxygen atoms in total. The summed E-state index contributed by atoms with van der Waals surface area (Å²) in [6.07, 6.45) is 3.34. The third-order valence-corrected chi connectivity index (χ3v) is 8.37. The molecule has 3 aliphatic rings. The number of rotatable bonds is 9. The van der Waals surface area contributed by atoms with Gasteiger partial charge >= 0.3 is 0 Å². The molecule has 0 radical (unpaired) electrons. The molecule has 42 heavy (non-hydrogen) atoms. The molecule has 2 amide bonds. The Bertz CT molecular complexity index is 1460. The van der Waals surface area contributed by atoms with Gasteiger partial charge in [0.05, 0.1) is 11.6 Å². The van der Waals surface area contributed by atoms with E-state index < -0.39 is 5.82 Å². The van der Waals surface area contributed by atoms with E-state index in [-0.39, 0.29) is 42.0 Å². The number of carbonyl (C=O) groups excluding carboxylic acids is 2. The maximum Gasteiger partial charge on any atom is 0.265 e. The number of hydrogen-bond acceptors (Lipinski definition) is 6. The van der Waals surface area contributed by atoms with Crippen LogP contribution in [-0.4, -0.2) is 62.9 Å². The van der Waals surface area contributed by atoms with Gasteiger partial charge in [0.1, 0.15) is 17.3 Å². The predicted octanol–water partition coefficient (Wildman–Crippen LogP) is 4.85. The van der Waals surface area contributed by atoms with Crippen molar-refractivity contribution in [1.29, 1.82) is 0 Å². The van der Waals surface area contributed by atoms with Gasteiger partial charge in [0, 0.05) is 44.6 Å². The average Bonchev–Trinajstić information content (AvgIpc) is 3.83. The minimum absolute atomic E-state index is 0.00563. The smallest absolute Gasteiger partial charge is 0.265 e. The molecular weight excluding hydrogens is 537 g/mol. The predicted molar refractivity (Wildman–Crippen MR) is 159 cm³/mol. The quantitative estimate of drug-likeness (QED) is 0.356. The van der Waals surface area contributed by atoms with E-state index in [9.17, 15) is 19.1 Å². The average molecular weight is 574 g/mol. The van der Waals surface area contributed by atoms with Gasteiger partial charge in [-0.3, -0.25) is 9.59 Å². The molecule has 0 unspecified atom stereocenters. The number of anilines is 2. The van der Waals surface area contributed by atoms with Crippen molar-refractivity contribution in [3.8, 4) is 22.6 Å². The minimum Gasteiger partial charge on any atom is -0.508 e.